The van der Waals surface area contributed by atoms with E-state index in [4.69, 9.17) is 10.00 Å². The fourth-order valence-corrected chi connectivity index (χ4v) is 2.79. The van der Waals surface area contributed by atoms with E-state index in [0.29, 0.717) is 33.8 Å². The maximum Gasteiger partial charge on any atom is 0.345 e. The van der Waals surface area contributed by atoms with Gasteiger partial charge in [0.2, 0.25) is 0 Å². The first-order valence-electron chi connectivity index (χ1n) is 9.24. The molecule has 3 rings (SSSR count). The standard InChI is InChI=1S/C22H20N4O4/c1-14-10-16(6-7-20(14)27)19-12-18(25-22(29)26-19)15-4-2-5-17(11-15)30-13-21(28)24-9-3-8-23/h2,4-7,10-12,27H,3,9,13H2,1H3,(H,24,28)(H,25,26,29). The molecule has 152 valence electrons. The fraction of sp³-hybridized carbons (Fsp3) is 0.182. The highest BCUT2D eigenvalue weighted by molar-refractivity contribution is 5.77. The SMILES string of the molecule is Cc1cc(-c2cc(-c3cccc(OCC(=O)NCCC#N)c3)[nH]c(=O)n2)ccc1O. The number of aromatic nitrogens is 2. The molecule has 3 aromatic rings. The van der Waals surface area contributed by atoms with Gasteiger partial charge in [-0.25, -0.2) is 4.79 Å². The van der Waals surface area contributed by atoms with E-state index in [2.05, 4.69) is 15.3 Å². The first kappa shape index (κ1) is 20.6. The van der Waals surface area contributed by atoms with Gasteiger partial charge < -0.3 is 20.1 Å². The minimum absolute atomic E-state index is 0.172. The third-order valence-electron chi connectivity index (χ3n) is 4.31. The summed E-state index contributed by atoms with van der Waals surface area (Å²) in [6.07, 6.45) is 0.236. The molecule has 0 aliphatic carbocycles. The van der Waals surface area contributed by atoms with Crippen molar-refractivity contribution in [1.29, 1.82) is 5.26 Å². The molecule has 0 atom stereocenters. The van der Waals surface area contributed by atoms with Gasteiger partial charge in [0.1, 0.15) is 11.5 Å². The molecule has 0 fully saturated rings. The van der Waals surface area contributed by atoms with Crippen LogP contribution in [-0.4, -0.2) is 34.1 Å². The van der Waals surface area contributed by atoms with E-state index < -0.39 is 5.69 Å². The summed E-state index contributed by atoms with van der Waals surface area (Å²) in [7, 11) is 0. The van der Waals surface area contributed by atoms with Crippen molar-refractivity contribution in [2.24, 2.45) is 0 Å². The second-order valence-electron chi connectivity index (χ2n) is 6.56. The molecule has 0 spiro atoms. The lowest BCUT2D eigenvalue weighted by Crippen LogP contribution is -2.29. The van der Waals surface area contributed by atoms with E-state index in [1.165, 1.54) is 0 Å². The van der Waals surface area contributed by atoms with Gasteiger partial charge in [0.15, 0.2) is 6.61 Å². The van der Waals surface area contributed by atoms with Crippen molar-refractivity contribution in [3.05, 3.63) is 64.6 Å². The molecule has 1 aromatic heterocycles. The maximum atomic E-state index is 12.1. The number of benzene rings is 2. The summed E-state index contributed by atoms with van der Waals surface area (Å²) in [5, 5.41) is 20.8. The number of nitriles is 1. The number of aromatic hydroxyl groups is 1. The number of carbonyl (C=O) groups is 1. The minimum Gasteiger partial charge on any atom is -0.508 e. The highest BCUT2D eigenvalue weighted by Gasteiger charge is 2.09. The lowest BCUT2D eigenvalue weighted by atomic mass is 10.1. The molecule has 0 unspecified atom stereocenters. The molecule has 0 aliphatic rings. The van der Waals surface area contributed by atoms with Crippen LogP contribution in [0.25, 0.3) is 22.5 Å². The molecule has 8 nitrogen and oxygen atoms in total. The summed E-state index contributed by atoms with van der Waals surface area (Å²) >= 11 is 0. The van der Waals surface area contributed by atoms with Crippen LogP contribution in [0.5, 0.6) is 11.5 Å². The molecule has 30 heavy (non-hydrogen) atoms. The number of phenols is 1. The molecule has 0 aliphatic heterocycles. The van der Waals surface area contributed by atoms with Crippen molar-refractivity contribution in [2.45, 2.75) is 13.3 Å². The molecule has 0 saturated carbocycles. The Labute approximate surface area is 172 Å². The van der Waals surface area contributed by atoms with Gasteiger partial charge in [-0.2, -0.15) is 10.2 Å². The van der Waals surface area contributed by atoms with E-state index in [0.717, 1.165) is 0 Å². The molecule has 1 amide bonds. The molecule has 0 saturated heterocycles. The summed E-state index contributed by atoms with van der Waals surface area (Å²) in [5.74, 6) is 0.311. The van der Waals surface area contributed by atoms with Crippen molar-refractivity contribution < 1.29 is 14.6 Å². The van der Waals surface area contributed by atoms with Gasteiger partial charge in [-0.1, -0.05) is 12.1 Å². The zero-order chi connectivity index (χ0) is 21.5. The molecule has 1 heterocycles. The summed E-state index contributed by atoms with van der Waals surface area (Å²) in [5.41, 5.74) is 2.59. The number of H-pyrrole nitrogens is 1. The van der Waals surface area contributed by atoms with E-state index in [1.54, 1.807) is 55.5 Å². The molecular formula is C22H20N4O4. The van der Waals surface area contributed by atoms with Crippen LogP contribution in [0.2, 0.25) is 0 Å². The number of phenolic OH excluding ortho intramolecular Hbond substituents is 1. The number of nitrogens with zero attached hydrogens (tertiary/aromatic N) is 2. The Hall–Kier alpha value is -4.12. The zero-order valence-corrected chi connectivity index (χ0v) is 16.3. The molecule has 0 bridgehead atoms. The Bertz CT molecular complexity index is 1160. The van der Waals surface area contributed by atoms with E-state index in [-0.39, 0.29) is 31.2 Å². The number of nitrogens with one attached hydrogen (secondary N) is 2. The number of carbonyl (C=O) groups excluding carboxylic acids is 1. The molecule has 0 radical (unpaired) electrons. The lowest BCUT2D eigenvalue weighted by Gasteiger charge is -2.09. The number of amides is 1. The molecule has 3 N–H and O–H groups in total. The highest BCUT2D eigenvalue weighted by atomic mass is 16.5. The first-order valence-corrected chi connectivity index (χ1v) is 9.24. The number of rotatable bonds is 7. The van der Waals surface area contributed by atoms with Crippen LogP contribution in [0.4, 0.5) is 0 Å². The van der Waals surface area contributed by atoms with Gasteiger partial charge in [-0.3, -0.25) is 4.79 Å². The van der Waals surface area contributed by atoms with Gasteiger partial charge in [0.25, 0.3) is 5.91 Å². The van der Waals surface area contributed by atoms with Gasteiger partial charge in [-0.05, 0) is 48.9 Å². The summed E-state index contributed by atoms with van der Waals surface area (Å²) in [6.45, 7) is 1.86. The number of hydrogen-bond acceptors (Lipinski definition) is 6. The Morgan fingerprint density at radius 3 is 2.83 bits per heavy atom. The van der Waals surface area contributed by atoms with E-state index in [1.807, 2.05) is 6.07 Å². The minimum atomic E-state index is -0.503. The Morgan fingerprint density at radius 1 is 1.23 bits per heavy atom. The van der Waals surface area contributed by atoms with Gasteiger partial charge >= 0.3 is 5.69 Å². The van der Waals surface area contributed by atoms with Gasteiger partial charge in [-0.15, -0.1) is 0 Å². The predicted octanol–water partition coefficient (Wildman–Crippen LogP) is 2.53. The smallest absolute Gasteiger partial charge is 0.345 e. The number of hydrogen-bond donors (Lipinski definition) is 3. The van der Waals surface area contributed by atoms with Crippen LogP contribution < -0.4 is 15.7 Å². The van der Waals surface area contributed by atoms with Crippen LogP contribution in [-0.2, 0) is 4.79 Å². The third kappa shape index (κ3) is 5.23. The summed E-state index contributed by atoms with van der Waals surface area (Å²) in [4.78, 5) is 30.6. The monoisotopic (exact) mass is 404 g/mol. The topological polar surface area (TPSA) is 128 Å². The second kappa shape index (κ2) is 9.39. The predicted molar refractivity (Wildman–Crippen MR) is 111 cm³/mol. The summed E-state index contributed by atoms with van der Waals surface area (Å²) < 4.78 is 5.50. The molecule has 2 aromatic carbocycles. The lowest BCUT2D eigenvalue weighted by molar-refractivity contribution is -0.123. The fourth-order valence-electron chi connectivity index (χ4n) is 2.79. The van der Waals surface area contributed by atoms with Crippen molar-refractivity contribution in [3.8, 4) is 40.1 Å². The van der Waals surface area contributed by atoms with Crippen molar-refractivity contribution >= 4 is 5.91 Å². The maximum absolute atomic E-state index is 12.1. The van der Waals surface area contributed by atoms with E-state index in [9.17, 15) is 14.7 Å². The first-order chi connectivity index (χ1) is 14.5. The van der Waals surface area contributed by atoms with Crippen LogP contribution in [0.1, 0.15) is 12.0 Å². The second-order valence-corrected chi connectivity index (χ2v) is 6.56. The van der Waals surface area contributed by atoms with Crippen LogP contribution in [0.3, 0.4) is 0 Å². The Balaban J connectivity index is 1.81. The van der Waals surface area contributed by atoms with Crippen LogP contribution in [0.15, 0.2) is 53.3 Å². The Kier molecular flexibility index (Phi) is 6.45. The average Bonchev–Trinajstić information content (AvgIpc) is 2.74. The normalized spacial score (nSPS) is 10.3. The largest absolute Gasteiger partial charge is 0.508 e. The number of aromatic amines is 1. The van der Waals surface area contributed by atoms with Crippen molar-refractivity contribution in [1.82, 2.24) is 15.3 Å². The zero-order valence-electron chi connectivity index (χ0n) is 16.3. The van der Waals surface area contributed by atoms with Crippen LogP contribution >= 0.6 is 0 Å². The number of aryl methyl sites for hydroxylation is 1. The average molecular weight is 404 g/mol. The van der Waals surface area contributed by atoms with E-state index >= 15 is 0 Å². The number of ether oxygens (including phenoxy) is 1. The van der Waals surface area contributed by atoms with Crippen molar-refractivity contribution in [3.63, 3.8) is 0 Å². The highest BCUT2D eigenvalue weighted by Crippen LogP contribution is 2.27. The van der Waals surface area contributed by atoms with Gasteiger partial charge in [0, 0.05) is 17.7 Å². The van der Waals surface area contributed by atoms with Gasteiger partial charge in [0.05, 0.1) is 23.9 Å². The molecular weight excluding hydrogens is 384 g/mol. The molecule has 8 heteroatoms. The third-order valence-corrected chi connectivity index (χ3v) is 4.31. The summed E-state index contributed by atoms with van der Waals surface area (Å²) in [6, 6.07) is 15.7. The quantitative estimate of drug-likeness (QED) is 0.519. The Morgan fingerprint density at radius 2 is 2.07 bits per heavy atom. The van der Waals surface area contributed by atoms with Crippen LogP contribution in [0, 0.1) is 18.3 Å². The van der Waals surface area contributed by atoms with Crippen molar-refractivity contribution in [2.75, 3.05) is 13.2 Å².